The number of hydrogen-bond donors (Lipinski definition) is 0. The molecule has 0 bridgehead atoms. The fourth-order valence-electron chi connectivity index (χ4n) is 7.81. The van der Waals surface area contributed by atoms with Gasteiger partial charge < -0.3 is 9.47 Å². The van der Waals surface area contributed by atoms with Gasteiger partial charge in [0.15, 0.2) is 0 Å². The number of hydrogen-bond acceptors (Lipinski definition) is 2. The van der Waals surface area contributed by atoms with E-state index < -0.39 is 0 Å². The summed E-state index contributed by atoms with van der Waals surface area (Å²) in [5, 5.41) is 0. The van der Waals surface area contributed by atoms with Crippen LogP contribution in [0.2, 0.25) is 0 Å². The molecule has 0 spiro atoms. The minimum atomic E-state index is 0. The molecule has 0 N–H and O–H groups in total. The molecule has 38 heavy (non-hydrogen) atoms. The Morgan fingerprint density at radius 1 is 0.842 bits per heavy atom. The number of unbranched alkanes of at least 4 members (excludes halogenated alkanes) is 2. The van der Waals surface area contributed by atoms with Crippen molar-refractivity contribution in [3.8, 4) is 0 Å². The Kier molecular flexibility index (Phi) is 19.9. The van der Waals surface area contributed by atoms with Gasteiger partial charge in [0, 0.05) is 19.1 Å². The van der Waals surface area contributed by atoms with Crippen LogP contribution in [-0.2, 0) is 9.47 Å². The quantitative estimate of drug-likeness (QED) is 0.173. The Morgan fingerprint density at radius 3 is 2.24 bits per heavy atom. The van der Waals surface area contributed by atoms with Gasteiger partial charge in [-0.25, -0.2) is 0 Å². The highest BCUT2D eigenvalue weighted by Crippen LogP contribution is 2.50. The van der Waals surface area contributed by atoms with Crippen molar-refractivity contribution in [2.45, 2.75) is 158 Å². The van der Waals surface area contributed by atoms with Gasteiger partial charge in [0.25, 0.3) is 0 Å². The van der Waals surface area contributed by atoms with E-state index in [0.29, 0.717) is 5.92 Å². The molecule has 0 aromatic carbocycles. The molecule has 0 aromatic rings. The molecule has 3 rings (SSSR count). The fourth-order valence-corrected chi connectivity index (χ4v) is 7.81. The van der Waals surface area contributed by atoms with E-state index in [0.717, 1.165) is 61.7 Å². The summed E-state index contributed by atoms with van der Waals surface area (Å²) < 4.78 is 12.4. The Balaban J connectivity index is 0.00000235. The molecule has 0 heterocycles. The largest absolute Gasteiger partial charge is 0.498 e. The van der Waals surface area contributed by atoms with E-state index in [1.54, 1.807) is 0 Å². The van der Waals surface area contributed by atoms with Gasteiger partial charge in [-0.3, -0.25) is 0 Å². The van der Waals surface area contributed by atoms with Gasteiger partial charge in [0.2, 0.25) is 0 Å². The lowest BCUT2D eigenvalue weighted by Crippen LogP contribution is -2.38. The Morgan fingerprint density at radius 2 is 1.55 bits per heavy atom. The molecule has 0 radical (unpaired) electrons. The highest BCUT2D eigenvalue weighted by molar-refractivity contribution is 5.04. The van der Waals surface area contributed by atoms with Crippen LogP contribution in [0.25, 0.3) is 0 Å². The molecule has 0 aliphatic heterocycles. The smallest absolute Gasteiger partial charge is 0.0953 e. The van der Waals surface area contributed by atoms with Crippen LogP contribution in [0, 0.1) is 41.4 Å². The van der Waals surface area contributed by atoms with E-state index in [-0.39, 0.29) is 7.43 Å². The zero-order valence-corrected chi connectivity index (χ0v) is 26.1. The van der Waals surface area contributed by atoms with Gasteiger partial charge in [0.1, 0.15) is 0 Å². The third-order valence-corrected chi connectivity index (χ3v) is 10.1. The Hall–Kier alpha value is -0.500. The van der Waals surface area contributed by atoms with Crippen LogP contribution in [0.1, 0.15) is 158 Å². The lowest BCUT2D eigenvalue weighted by atomic mass is 9.58. The lowest BCUT2D eigenvalue weighted by molar-refractivity contribution is 0.0223. The van der Waals surface area contributed by atoms with Crippen LogP contribution < -0.4 is 0 Å². The highest BCUT2D eigenvalue weighted by Gasteiger charge is 2.40. The third kappa shape index (κ3) is 11.5. The number of rotatable bonds is 17. The summed E-state index contributed by atoms with van der Waals surface area (Å²) in [7, 11) is 0. The summed E-state index contributed by atoms with van der Waals surface area (Å²) in [6, 6.07) is 0. The first-order valence-electron chi connectivity index (χ1n) is 17.1. The summed E-state index contributed by atoms with van der Waals surface area (Å²) in [6.07, 6.45) is 25.5. The zero-order chi connectivity index (χ0) is 26.9. The van der Waals surface area contributed by atoms with E-state index in [1.807, 2.05) is 13.8 Å². The van der Waals surface area contributed by atoms with Crippen LogP contribution in [-0.4, -0.2) is 19.8 Å². The summed E-state index contributed by atoms with van der Waals surface area (Å²) >= 11 is 0. The minimum Gasteiger partial charge on any atom is -0.498 e. The topological polar surface area (TPSA) is 18.5 Å². The Labute approximate surface area is 240 Å². The van der Waals surface area contributed by atoms with Crippen molar-refractivity contribution in [3.05, 3.63) is 11.8 Å². The molecule has 6 atom stereocenters. The molecule has 2 nitrogen and oxygen atoms in total. The number of ether oxygens (including phenoxy) is 2. The van der Waals surface area contributed by atoms with Gasteiger partial charge >= 0.3 is 0 Å². The van der Waals surface area contributed by atoms with E-state index >= 15 is 0 Å². The molecule has 4 unspecified atom stereocenters. The summed E-state index contributed by atoms with van der Waals surface area (Å²) in [4.78, 5) is 0. The monoisotopic (exact) mass is 535 g/mol. The maximum atomic E-state index is 6.24. The average Bonchev–Trinajstić information content (AvgIpc) is 2.88. The molecule has 3 aliphatic rings. The maximum absolute atomic E-state index is 6.24. The maximum Gasteiger partial charge on any atom is 0.0953 e. The molecular formula is C36H70O2. The van der Waals surface area contributed by atoms with Crippen LogP contribution in [0.3, 0.4) is 0 Å². The van der Waals surface area contributed by atoms with Gasteiger partial charge in [0.05, 0.1) is 12.4 Å². The Bertz CT molecular complexity index is 580. The van der Waals surface area contributed by atoms with Crippen molar-refractivity contribution in [1.82, 2.24) is 0 Å². The molecule has 2 heteroatoms. The second-order valence-electron chi connectivity index (χ2n) is 12.6. The summed E-state index contributed by atoms with van der Waals surface area (Å²) in [5.74, 6) is 7.71. The van der Waals surface area contributed by atoms with E-state index in [9.17, 15) is 0 Å². The van der Waals surface area contributed by atoms with Crippen molar-refractivity contribution in [2.75, 3.05) is 19.8 Å². The van der Waals surface area contributed by atoms with E-state index in [4.69, 9.17) is 9.47 Å². The predicted octanol–water partition coefficient (Wildman–Crippen LogP) is 11.6. The molecule has 2 fully saturated rings. The van der Waals surface area contributed by atoms with Crippen LogP contribution in [0.5, 0.6) is 0 Å². The average molecular weight is 535 g/mol. The molecule has 0 aromatic heterocycles. The predicted molar refractivity (Wildman–Crippen MR) is 169 cm³/mol. The molecular weight excluding hydrogens is 464 g/mol. The van der Waals surface area contributed by atoms with Crippen LogP contribution >= 0.6 is 0 Å². The zero-order valence-electron chi connectivity index (χ0n) is 26.1. The second-order valence-corrected chi connectivity index (χ2v) is 12.6. The van der Waals surface area contributed by atoms with Crippen molar-refractivity contribution in [2.24, 2.45) is 41.4 Å². The van der Waals surface area contributed by atoms with Crippen molar-refractivity contribution < 1.29 is 9.47 Å². The summed E-state index contributed by atoms with van der Waals surface area (Å²) in [6.45, 7) is 16.4. The number of allylic oxidation sites excluding steroid dienone is 2. The van der Waals surface area contributed by atoms with Crippen molar-refractivity contribution >= 4 is 0 Å². The standard InChI is InChI=1S/C33H60O2.C2H6.CH4/c1-5-14-26(3)29-19-12-20-31(28-17-11-18-28)32(29)21-13-24-34-23-8-7-9-25-35-33-22-10-16-27(4)30(33)15-6-2;1-2;/h22,26-32H,5-21,23-25H2,1-4H3;1-2H3;1H4/t26?,27-,29?,30?,31?,32+;;/m1../s1. The SMILES string of the molecule is C.CC.CCCC(C)C1CCCC(C2CCC2)[C@H]1CCCOCCCCCOC1=CCC[C@@H](C)C1CCC. The van der Waals surface area contributed by atoms with Gasteiger partial charge in [-0.1, -0.05) is 93.9 Å². The minimum absolute atomic E-state index is 0. The van der Waals surface area contributed by atoms with Crippen molar-refractivity contribution in [3.63, 3.8) is 0 Å². The lowest BCUT2D eigenvalue weighted by Gasteiger charge is -2.47. The van der Waals surface area contributed by atoms with E-state index in [2.05, 4.69) is 33.8 Å². The summed E-state index contributed by atoms with van der Waals surface area (Å²) in [5.41, 5.74) is 0. The van der Waals surface area contributed by atoms with Crippen LogP contribution in [0.15, 0.2) is 11.8 Å². The van der Waals surface area contributed by atoms with Crippen LogP contribution in [0.4, 0.5) is 0 Å². The van der Waals surface area contributed by atoms with E-state index in [1.165, 1.54) is 108 Å². The fraction of sp³-hybridized carbons (Fsp3) is 0.944. The second kappa shape index (κ2) is 21.3. The first kappa shape index (κ1) is 35.5. The highest BCUT2D eigenvalue weighted by atomic mass is 16.5. The molecule has 226 valence electrons. The van der Waals surface area contributed by atoms with Crippen molar-refractivity contribution in [1.29, 1.82) is 0 Å². The molecule has 3 aliphatic carbocycles. The van der Waals surface area contributed by atoms with Gasteiger partial charge in [-0.05, 0) is 106 Å². The first-order chi connectivity index (χ1) is 18.2. The van der Waals surface area contributed by atoms with Gasteiger partial charge in [-0.2, -0.15) is 0 Å². The van der Waals surface area contributed by atoms with Gasteiger partial charge in [-0.15, -0.1) is 0 Å². The first-order valence-corrected chi connectivity index (χ1v) is 17.1. The third-order valence-electron chi connectivity index (χ3n) is 10.1. The molecule has 2 saturated carbocycles. The molecule has 0 saturated heterocycles. The molecule has 0 amide bonds. The normalized spacial score (nSPS) is 28.3.